The van der Waals surface area contributed by atoms with E-state index < -0.39 is 24.0 Å². The second-order valence-electron chi connectivity index (χ2n) is 3.67. The Labute approximate surface area is 116 Å². The summed E-state index contributed by atoms with van der Waals surface area (Å²) in [6, 6.07) is 14.3. The molecule has 0 fully saturated rings. The van der Waals surface area contributed by atoms with Crippen LogP contribution in [0.25, 0.3) is 0 Å². The van der Waals surface area contributed by atoms with Crippen molar-refractivity contribution in [3.05, 3.63) is 61.7 Å². The van der Waals surface area contributed by atoms with Gasteiger partial charge in [0.2, 0.25) is 0 Å². The van der Waals surface area contributed by atoms with Crippen LogP contribution in [0.4, 0.5) is 13.2 Å². The van der Waals surface area contributed by atoms with Crippen molar-refractivity contribution >= 4 is 19.8 Å². The molecule has 0 N–H and O–H groups in total. The minimum absolute atomic E-state index is 0.365. The zero-order chi connectivity index (χ0) is 13.9. The molecule has 0 aliphatic rings. The van der Waals surface area contributed by atoms with E-state index in [1.54, 1.807) is 42.5 Å². The fraction of sp³-hybridized carbons (Fsp3) is 0.143. The van der Waals surface area contributed by atoms with Crippen molar-refractivity contribution in [2.24, 2.45) is 0 Å². The van der Waals surface area contributed by atoms with E-state index in [1.165, 1.54) is 19.2 Å². The van der Waals surface area contributed by atoms with Gasteiger partial charge in [-0.25, -0.2) is 0 Å². The molecule has 2 aromatic carbocycles. The quantitative estimate of drug-likeness (QED) is 0.551. The number of hydrogen-bond acceptors (Lipinski definition) is 1. The second kappa shape index (κ2) is 5.81. The molecular weight excluding hydrogens is 368 g/mol. The standard InChI is InChI=1S/C14H12F3IO/c1-19-13-9-7-12(8-10-13)18(14(15,16)17)11-5-3-2-4-6-11/h2-10H,1H3. The Balaban J connectivity index is 2.43. The predicted molar refractivity (Wildman–Crippen MR) is 76.9 cm³/mol. The van der Waals surface area contributed by atoms with Crippen molar-refractivity contribution < 1.29 is 17.9 Å². The number of alkyl halides is 4. The molecule has 0 aliphatic heterocycles. The first-order valence-corrected chi connectivity index (χ1v) is 8.71. The summed E-state index contributed by atoms with van der Waals surface area (Å²) < 4.78 is 41.5. The van der Waals surface area contributed by atoms with E-state index in [2.05, 4.69) is 0 Å². The van der Waals surface area contributed by atoms with Gasteiger partial charge >= 0.3 is 117 Å². The van der Waals surface area contributed by atoms with Gasteiger partial charge in [-0.3, -0.25) is 0 Å². The summed E-state index contributed by atoms with van der Waals surface area (Å²) in [7, 11) is 1.49. The maximum absolute atomic E-state index is 13.3. The number of hydrogen-bond donors (Lipinski definition) is 0. The van der Waals surface area contributed by atoms with E-state index in [1.807, 2.05) is 0 Å². The molecule has 0 unspecified atom stereocenters. The summed E-state index contributed by atoms with van der Waals surface area (Å²) in [4.78, 5) is 0. The van der Waals surface area contributed by atoms with Gasteiger partial charge in [0.25, 0.3) is 0 Å². The number of halogens is 4. The summed E-state index contributed by atoms with van der Waals surface area (Å²) in [5.74, 6) is 0.565. The number of rotatable bonds is 3. The molecule has 102 valence electrons. The van der Waals surface area contributed by atoms with Crippen molar-refractivity contribution in [3.63, 3.8) is 0 Å². The van der Waals surface area contributed by atoms with Crippen molar-refractivity contribution in [1.29, 1.82) is 0 Å². The van der Waals surface area contributed by atoms with Gasteiger partial charge < -0.3 is 0 Å². The fourth-order valence-electron chi connectivity index (χ4n) is 1.61. The van der Waals surface area contributed by atoms with Gasteiger partial charge in [-0.2, -0.15) is 0 Å². The van der Waals surface area contributed by atoms with Crippen molar-refractivity contribution in [2.45, 2.75) is 4.18 Å². The first kappa shape index (κ1) is 14.2. The number of ether oxygens (including phenoxy) is 1. The zero-order valence-corrected chi connectivity index (χ0v) is 12.3. The van der Waals surface area contributed by atoms with Crippen molar-refractivity contribution in [2.75, 3.05) is 7.11 Å². The number of methoxy groups -OCH3 is 1. The SMILES string of the molecule is COc1ccc(I(c2ccccc2)C(F)(F)F)cc1. The van der Waals surface area contributed by atoms with Crippen LogP contribution in [-0.4, -0.2) is 11.3 Å². The zero-order valence-electron chi connectivity index (χ0n) is 10.1. The summed E-state index contributed by atoms with van der Waals surface area (Å²) in [6.07, 6.45) is 0. The molecule has 0 aliphatic carbocycles. The Bertz CT molecular complexity index is 523. The molecule has 0 amide bonds. The molecule has 0 aromatic heterocycles. The molecule has 0 radical (unpaired) electrons. The molecule has 0 spiro atoms. The van der Waals surface area contributed by atoms with E-state index in [-0.39, 0.29) is 0 Å². The minimum atomic E-state index is -4.17. The molecule has 2 rings (SSSR count). The molecule has 0 heterocycles. The summed E-state index contributed by atoms with van der Waals surface area (Å²) >= 11 is -3.43. The third-order valence-electron chi connectivity index (χ3n) is 2.43. The Kier molecular flexibility index (Phi) is 4.34. The monoisotopic (exact) mass is 380 g/mol. The van der Waals surface area contributed by atoms with E-state index in [0.29, 0.717) is 12.9 Å². The average Bonchev–Trinajstić information content (AvgIpc) is 2.39. The van der Waals surface area contributed by atoms with Gasteiger partial charge in [0, 0.05) is 0 Å². The van der Waals surface area contributed by atoms with E-state index in [9.17, 15) is 13.2 Å². The van der Waals surface area contributed by atoms with Crippen LogP contribution in [0.3, 0.4) is 0 Å². The first-order chi connectivity index (χ1) is 9.02. The normalized spacial score (nSPS) is 12.1. The van der Waals surface area contributed by atoms with Gasteiger partial charge in [-0.15, -0.1) is 0 Å². The molecular formula is C14H12F3IO. The van der Waals surface area contributed by atoms with Crippen LogP contribution in [0.2, 0.25) is 0 Å². The molecule has 0 saturated carbocycles. The van der Waals surface area contributed by atoms with Gasteiger partial charge in [0.1, 0.15) is 0 Å². The third kappa shape index (κ3) is 3.40. The maximum atomic E-state index is 13.3. The van der Waals surface area contributed by atoms with Crippen LogP contribution in [0.1, 0.15) is 0 Å². The number of benzene rings is 2. The van der Waals surface area contributed by atoms with Gasteiger partial charge in [0.05, 0.1) is 0 Å². The van der Waals surface area contributed by atoms with Crippen LogP contribution in [0.5, 0.6) is 5.75 Å². The Morgan fingerprint density at radius 1 is 0.842 bits per heavy atom. The Hall–Kier alpha value is -1.24. The van der Waals surface area contributed by atoms with Crippen molar-refractivity contribution in [3.8, 4) is 5.75 Å². The van der Waals surface area contributed by atoms with Gasteiger partial charge in [-0.1, -0.05) is 0 Å². The van der Waals surface area contributed by atoms with Crippen LogP contribution in [0.15, 0.2) is 54.6 Å². The topological polar surface area (TPSA) is 9.23 Å². The van der Waals surface area contributed by atoms with E-state index in [0.717, 1.165) is 0 Å². The summed E-state index contributed by atoms with van der Waals surface area (Å²) in [6.45, 7) is 0. The fourth-order valence-corrected chi connectivity index (χ4v) is 5.96. The average molecular weight is 380 g/mol. The predicted octanol–water partition coefficient (Wildman–Crippen LogP) is 4.76. The van der Waals surface area contributed by atoms with Crippen LogP contribution < -0.4 is 4.74 Å². The Morgan fingerprint density at radius 3 is 1.84 bits per heavy atom. The third-order valence-corrected chi connectivity index (χ3v) is 7.59. The molecule has 0 atom stereocenters. The van der Waals surface area contributed by atoms with Crippen LogP contribution in [0, 0.1) is 7.14 Å². The van der Waals surface area contributed by atoms with Crippen LogP contribution >= 0.6 is 19.8 Å². The Morgan fingerprint density at radius 2 is 1.37 bits per heavy atom. The molecule has 0 bridgehead atoms. The van der Waals surface area contributed by atoms with Crippen molar-refractivity contribution in [1.82, 2.24) is 0 Å². The first-order valence-electron chi connectivity index (χ1n) is 5.48. The van der Waals surface area contributed by atoms with Gasteiger partial charge in [-0.05, 0) is 0 Å². The second-order valence-corrected chi connectivity index (χ2v) is 9.00. The molecule has 0 saturated heterocycles. The molecule has 2 aromatic rings. The van der Waals surface area contributed by atoms with E-state index >= 15 is 0 Å². The molecule has 5 heteroatoms. The van der Waals surface area contributed by atoms with Gasteiger partial charge in [0.15, 0.2) is 0 Å². The summed E-state index contributed by atoms with van der Waals surface area (Å²) in [5.41, 5.74) is 0. The molecule has 19 heavy (non-hydrogen) atoms. The van der Waals surface area contributed by atoms with Crippen LogP contribution in [-0.2, 0) is 0 Å². The summed E-state index contributed by atoms with van der Waals surface area (Å²) in [5, 5.41) is 0. The van der Waals surface area contributed by atoms with E-state index in [4.69, 9.17) is 4.74 Å². The molecule has 1 nitrogen and oxygen atoms in total.